The molecule has 138 valence electrons. The Labute approximate surface area is 165 Å². The number of nitrogens with one attached hydrogen (secondary N) is 1. The summed E-state index contributed by atoms with van der Waals surface area (Å²) in [5.41, 5.74) is 3.27. The highest BCUT2D eigenvalue weighted by molar-refractivity contribution is 9.10. The monoisotopic (exact) mass is 427 g/mol. The molecular weight excluding hydrogens is 410 g/mol. The zero-order valence-corrected chi connectivity index (χ0v) is 16.4. The lowest BCUT2D eigenvalue weighted by atomic mass is 10.1. The largest absolute Gasteiger partial charge is 0.442 e. The van der Waals surface area contributed by atoms with Crippen LogP contribution < -0.4 is 5.32 Å². The number of hydrogen-bond acceptors (Lipinski definition) is 4. The minimum absolute atomic E-state index is 0.0157. The second kappa shape index (κ2) is 8.22. The smallest absolute Gasteiger partial charge is 0.375 e. The molecule has 1 aromatic heterocycles. The first-order valence-corrected chi connectivity index (χ1v) is 9.12. The highest BCUT2D eigenvalue weighted by Gasteiger charge is 2.27. The van der Waals surface area contributed by atoms with Crippen molar-refractivity contribution in [3.63, 3.8) is 0 Å². The van der Waals surface area contributed by atoms with Gasteiger partial charge in [-0.1, -0.05) is 36.4 Å². The van der Waals surface area contributed by atoms with Crippen molar-refractivity contribution < 1.29 is 18.7 Å². The lowest BCUT2D eigenvalue weighted by Crippen LogP contribution is -2.26. The van der Waals surface area contributed by atoms with Crippen LogP contribution in [0.2, 0.25) is 0 Å². The summed E-state index contributed by atoms with van der Waals surface area (Å²) < 4.78 is 11.1. The van der Waals surface area contributed by atoms with Gasteiger partial charge in [0, 0.05) is 11.3 Å². The fourth-order valence-electron chi connectivity index (χ4n) is 2.74. The first-order valence-electron chi connectivity index (χ1n) is 8.33. The third-order valence-corrected chi connectivity index (χ3v) is 4.26. The SMILES string of the molecule is Cc1cc(C)cc(NC(=O)C(OC(=O)c2ccc(Br)o2)c2ccccc2)c1. The molecule has 2 aromatic carbocycles. The van der Waals surface area contributed by atoms with E-state index in [2.05, 4.69) is 21.2 Å². The normalized spacial score (nSPS) is 11.7. The summed E-state index contributed by atoms with van der Waals surface area (Å²) in [7, 11) is 0. The molecule has 6 heteroatoms. The molecule has 0 spiro atoms. The van der Waals surface area contributed by atoms with E-state index >= 15 is 0 Å². The summed E-state index contributed by atoms with van der Waals surface area (Å²) >= 11 is 3.14. The van der Waals surface area contributed by atoms with E-state index in [-0.39, 0.29) is 5.76 Å². The van der Waals surface area contributed by atoms with Gasteiger partial charge in [-0.05, 0) is 65.2 Å². The van der Waals surface area contributed by atoms with Crippen LogP contribution in [-0.4, -0.2) is 11.9 Å². The highest BCUT2D eigenvalue weighted by atomic mass is 79.9. The van der Waals surface area contributed by atoms with Crippen LogP contribution in [0.1, 0.15) is 33.3 Å². The minimum atomic E-state index is -1.11. The van der Waals surface area contributed by atoms with Gasteiger partial charge in [0.2, 0.25) is 11.9 Å². The zero-order chi connectivity index (χ0) is 19.4. The number of furan rings is 1. The first kappa shape index (κ1) is 18.9. The van der Waals surface area contributed by atoms with Gasteiger partial charge in [0.05, 0.1) is 0 Å². The standard InChI is InChI=1S/C21H18BrNO4/c1-13-10-14(2)12-16(11-13)23-20(24)19(15-6-4-3-5-7-15)27-21(25)17-8-9-18(22)26-17/h3-12,19H,1-2H3,(H,23,24). The lowest BCUT2D eigenvalue weighted by molar-refractivity contribution is -0.125. The quantitative estimate of drug-likeness (QED) is 0.568. The van der Waals surface area contributed by atoms with Crippen LogP contribution in [0, 0.1) is 13.8 Å². The van der Waals surface area contributed by atoms with Gasteiger partial charge in [0.1, 0.15) is 0 Å². The number of amides is 1. The Bertz CT molecular complexity index is 945. The Hall–Kier alpha value is -2.86. The van der Waals surface area contributed by atoms with Crippen molar-refractivity contribution in [3.05, 3.63) is 87.8 Å². The fourth-order valence-corrected chi connectivity index (χ4v) is 3.05. The summed E-state index contributed by atoms with van der Waals surface area (Å²) in [5, 5.41) is 2.83. The molecule has 1 unspecified atom stereocenters. The molecular formula is C21H18BrNO4. The van der Waals surface area contributed by atoms with E-state index < -0.39 is 18.0 Å². The number of anilines is 1. The van der Waals surface area contributed by atoms with Crippen molar-refractivity contribution in [1.29, 1.82) is 0 Å². The van der Waals surface area contributed by atoms with Crippen molar-refractivity contribution >= 4 is 33.5 Å². The molecule has 1 atom stereocenters. The zero-order valence-electron chi connectivity index (χ0n) is 14.9. The van der Waals surface area contributed by atoms with E-state index in [1.165, 1.54) is 6.07 Å². The van der Waals surface area contributed by atoms with E-state index in [0.717, 1.165) is 11.1 Å². The summed E-state index contributed by atoms with van der Waals surface area (Å²) in [6.07, 6.45) is -1.11. The number of benzene rings is 2. The summed E-state index contributed by atoms with van der Waals surface area (Å²) in [4.78, 5) is 25.3. The maximum Gasteiger partial charge on any atom is 0.375 e. The van der Waals surface area contributed by atoms with Crippen LogP contribution in [0.5, 0.6) is 0 Å². The number of aryl methyl sites for hydroxylation is 2. The van der Waals surface area contributed by atoms with Crippen molar-refractivity contribution in [2.75, 3.05) is 5.32 Å². The van der Waals surface area contributed by atoms with Crippen molar-refractivity contribution in [3.8, 4) is 0 Å². The molecule has 1 N–H and O–H groups in total. The van der Waals surface area contributed by atoms with Crippen molar-refractivity contribution in [2.45, 2.75) is 20.0 Å². The molecule has 0 bridgehead atoms. The number of hydrogen-bond donors (Lipinski definition) is 1. The Morgan fingerprint density at radius 2 is 1.67 bits per heavy atom. The number of rotatable bonds is 5. The van der Waals surface area contributed by atoms with Gasteiger partial charge in [-0.15, -0.1) is 0 Å². The Balaban J connectivity index is 1.85. The van der Waals surface area contributed by atoms with Crippen LogP contribution in [0.15, 0.2) is 69.8 Å². The van der Waals surface area contributed by atoms with Crippen molar-refractivity contribution in [1.82, 2.24) is 0 Å². The molecule has 1 heterocycles. The molecule has 5 nitrogen and oxygen atoms in total. The molecule has 27 heavy (non-hydrogen) atoms. The topological polar surface area (TPSA) is 68.5 Å². The molecule has 0 fully saturated rings. The molecule has 3 rings (SSSR count). The minimum Gasteiger partial charge on any atom is -0.442 e. The van der Waals surface area contributed by atoms with Crippen LogP contribution in [0.4, 0.5) is 5.69 Å². The van der Waals surface area contributed by atoms with Gasteiger partial charge in [0.25, 0.3) is 5.91 Å². The molecule has 0 aliphatic heterocycles. The Morgan fingerprint density at radius 1 is 1.00 bits per heavy atom. The third kappa shape index (κ3) is 4.86. The molecule has 0 radical (unpaired) electrons. The van der Waals surface area contributed by atoms with Crippen LogP contribution in [0.3, 0.4) is 0 Å². The van der Waals surface area contributed by atoms with Gasteiger partial charge in [0.15, 0.2) is 4.67 Å². The summed E-state index contributed by atoms with van der Waals surface area (Å²) in [6.45, 7) is 3.90. The fraction of sp³-hybridized carbons (Fsp3) is 0.143. The molecule has 1 amide bonds. The van der Waals surface area contributed by atoms with Crippen LogP contribution in [0.25, 0.3) is 0 Å². The maximum atomic E-state index is 12.9. The number of carbonyl (C=O) groups excluding carboxylic acids is 2. The van der Waals surface area contributed by atoms with Crippen LogP contribution >= 0.6 is 15.9 Å². The van der Waals surface area contributed by atoms with E-state index in [0.29, 0.717) is 15.9 Å². The Kier molecular flexibility index (Phi) is 5.76. The van der Waals surface area contributed by atoms with E-state index in [4.69, 9.17) is 9.15 Å². The second-order valence-electron chi connectivity index (χ2n) is 6.17. The lowest BCUT2D eigenvalue weighted by Gasteiger charge is -2.18. The molecule has 0 aliphatic rings. The maximum absolute atomic E-state index is 12.9. The number of carbonyl (C=O) groups is 2. The number of halogens is 1. The van der Waals surface area contributed by atoms with Crippen molar-refractivity contribution in [2.24, 2.45) is 0 Å². The van der Waals surface area contributed by atoms with Gasteiger partial charge in [-0.3, -0.25) is 4.79 Å². The Morgan fingerprint density at radius 3 is 2.26 bits per heavy atom. The molecule has 0 saturated carbocycles. The molecule has 0 aliphatic carbocycles. The van der Waals surface area contributed by atoms with Gasteiger partial charge >= 0.3 is 5.97 Å². The first-order chi connectivity index (χ1) is 12.9. The predicted octanol–water partition coefficient (Wildman–Crippen LogP) is 5.20. The van der Waals surface area contributed by atoms with Gasteiger partial charge in [-0.2, -0.15) is 0 Å². The third-order valence-electron chi connectivity index (χ3n) is 3.83. The number of ether oxygens (including phenoxy) is 1. The van der Waals surface area contributed by atoms with Gasteiger partial charge in [-0.25, -0.2) is 4.79 Å². The average molecular weight is 428 g/mol. The van der Waals surface area contributed by atoms with E-state index in [9.17, 15) is 9.59 Å². The van der Waals surface area contributed by atoms with Crippen LogP contribution in [-0.2, 0) is 9.53 Å². The van der Waals surface area contributed by atoms with E-state index in [1.807, 2.05) is 38.1 Å². The second-order valence-corrected chi connectivity index (χ2v) is 6.95. The highest BCUT2D eigenvalue weighted by Crippen LogP contribution is 2.24. The number of esters is 1. The molecule has 0 saturated heterocycles. The molecule has 3 aromatic rings. The predicted molar refractivity (Wildman–Crippen MR) is 106 cm³/mol. The van der Waals surface area contributed by atoms with Gasteiger partial charge < -0.3 is 14.5 Å². The average Bonchev–Trinajstić information content (AvgIpc) is 3.06. The summed E-state index contributed by atoms with van der Waals surface area (Å²) in [6, 6.07) is 17.7. The summed E-state index contributed by atoms with van der Waals surface area (Å²) in [5.74, 6) is -1.14. The van der Waals surface area contributed by atoms with E-state index in [1.54, 1.807) is 30.3 Å².